The highest BCUT2D eigenvalue weighted by Gasteiger charge is 2.19. The summed E-state index contributed by atoms with van der Waals surface area (Å²) in [5.41, 5.74) is 0. The molecule has 4 heteroatoms. The van der Waals surface area contributed by atoms with Gasteiger partial charge in [-0.05, 0) is 56.8 Å². The second-order valence-corrected chi connectivity index (χ2v) is 7.04. The highest BCUT2D eigenvalue weighted by atomic mass is 16.5. The normalized spacial score (nSPS) is 16.3. The Kier molecular flexibility index (Phi) is 6.89. The molecule has 2 aromatic rings. The molecule has 0 unspecified atom stereocenters. The van der Waals surface area contributed by atoms with Gasteiger partial charge >= 0.3 is 0 Å². The largest absolute Gasteiger partial charge is 0.480 e. The fraction of sp³-hybridized carbons (Fsp3) is 0.500. The molecule has 2 aromatic carbocycles. The molecule has 0 radical (unpaired) electrons. The molecule has 1 N–H and O–H groups in total. The van der Waals surface area contributed by atoms with Crippen LogP contribution in [-0.2, 0) is 4.79 Å². The summed E-state index contributed by atoms with van der Waals surface area (Å²) in [4.78, 5) is 15.0. The molecule has 1 aliphatic rings. The van der Waals surface area contributed by atoms with Crippen molar-refractivity contribution >= 4 is 16.7 Å². The maximum absolute atomic E-state index is 12.5. The van der Waals surface area contributed by atoms with Crippen LogP contribution in [0.25, 0.3) is 10.8 Å². The first-order chi connectivity index (χ1) is 12.8. The molecule has 1 heterocycles. The lowest BCUT2D eigenvalue weighted by atomic mass is 10.1. The number of nitrogens with one attached hydrogen (secondary N) is 1. The van der Waals surface area contributed by atoms with E-state index in [4.69, 9.17) is 4.74 Å². The minimum atomic E-state index is -0.448. The molecule has 140 valence electrons. The predicted molar refractivity (Wildman–Crippen MR) is 107 cm³/mol. The molecule has 4 nitrogen and oxygen atoms in total. The van der Waals surface area contributed by atoms with Crippen LogP contribution < -0.4 is 10.1 Å². The van der Waals surface area contributed by atoms with Gasteiger partial charge in [-0.3, -0.25) is 4.79 Å². The molecule has 1 aliphatic heterocycles. The monoisotopic (exact) mass is 354 g/mol. The van der Waals surface area contributed by atoms with E-state index in [0.29, 0.717) is 13.0 Å². The van der Waals surface area contributed by atoms with Crippen LogP contribution in [0.4, 0.5) is 0 Å². The van der Waals surface area contributed by atoms with Crippen molar-refractivity contribution in [2.24, 2.45) is 0 Å². The zero-order chi connectivity index (χ0) is 18.2. The molecule has 1 amide bonds. The third-order valence-electron chi connectivity index (χ3n) is 5.08. The summed E-state index contributed by atoms with van der Waals surface area (Å²) in [5, 5.41) is 5.23. The van der Waals surface area contributed by atoms with Gasteiger partial charge in [0.1, 0.15) is 5.75 Å². The van der Waals surface area contributed by atoms with Crippen LogP contribution in [0, 0.1) is 0 Å². The van der Waals surface area contributed by atoms with E-state index in [1.807, 2.05) is 37.3 Å². The Hall–Kier alpha value is -2.07. The van der Waals surface area contributed by atoms with Gasteiger partial charge < -0.3 is 15.0 Å². The summed E-state index contributed by atoms with van der Waals surface area (Å²) in [6, 6.07) is 14.1. The lowest BCUT2D eigenvalue weighted by Gasteiger charge is -2.26. The predicted octanol–water partition coefficient (Wildman–Crippen LogP) is 3.99. The van der Waals surface area contributed by atoms with Crippen LogP contribution in [0.2, 0.25) is 0 Å². The molecule has 0 aliphatic carbocycles. The number of nitrogens with zero attached hydrogens (tertiary/aromatic N) is 1. The van der Waals surface area contributed by atoms with Gasteiger partial charge in [0.15, 0.2) is 6.10 Å². The third-order valence-corrected chi connectivity index (χ3v) is 5.08. The number of amides is 1. The van der Waals surface area contributed by atoms with Crippen molar-refractivity contribution < 1.29 is 9.53 Å². The quantitative estimate of drug-likeness (QED) is 0.729. The van der Waals surface area contributed by atoms with Crippen LogP contribution in [0.15, 0.2) is 42.5 Å². The number of hydrogen-bond acceptors (Lipinski definition) is 3. The fourth-order valence-electron chi connectivity index (χ4n) is 3.59. The van der Waals surface area contributed by atoms with Gasteiger partial charge in [-0.1, -0.05) is 49.7 Å². The first-order valence-electron chi connectivity index (χ1n) is 9.92. The number of carbonyl (C=O) groups excluding carboxylic acids is 1. The number of piperidine rings is 1. The van der Waals surface area contributed by atoms with E-state index >= 15 is 0 Å². The summed E-state index contributed by atoms with van der Waals surface area (Å²) in [6.45, 7) is 6.18. The fourth-order valence-corrected chi connectivity index (χ4v) is 3.59. The van der Waals surface area contributed by atoms with Crippen molar-refractivity contribution in [3.05, 3.63) is 42.5 Å². The summed E-state index contributed by atoms with van der Waals surface area (Å²) >= 11 is 0. The van der Waals surface area contributed by atoms with Crippen molar-refractivity contribution in [1.82, 2.24) is 10.2 Å². The van der Waals surface area contributed by atoms with E-state index in [2.05, 4.69) is 22.3 Å². The minimum absolute atomic E-state index is 0.0147. The Morgan fingerprint density at radius 1 is 1.12 bits per heavy atom. The van der Waals surface area contributed by atoms with Crippen molar-refractivity contribution in [3.63, 3.8) is 0 Å². The number of likely N-dealkylation sites (tertiary alicyclic amines) is 1. The molecular weight excluding hydrogens is 324 g/mol. The molecule has 0 aromatic heterocycles. The average molecular weight is 354 g/mol. The maximum atomic E-state index is 12.5. The van der Waals surface area contributed by atoms with Gasteiger partial charge in [-0.25, -0.2) is 0 Å². The molecule has 1 fully saturated rings. The molecule has 1 saturated heterocycles. The number of ether oxygens (including phenoxy) is 1. The molecule has 1 atom stereocenters. The van der Waals surface area contributed by atoms with Gasteiger partial charge in [-0.15, -0.1) is 0 Å². The molecule has 3 rings (SSSR count). The van der Waals surface area contributed by atoms with E-state index in [1.54, 1.807) is 0 Å². The second kappa shape index (κ2) is 9.58. The number of benzene rings is 2. The van der Waals surface area contributed by atoms with Crippen molar-refractivity contribution in [1.29, 1.82) is 0 Å². The number of hydrogen-bond donors (Lipinski definition) is 1. The van der Waals surface area contributed by atoms with Crippen molar-refractivity contribution in [2.45, 2.75) is 45.1 Å². The molecule has 0 bridgehead atoms. The summed E-state index contributed by atoms with van der Waals surface area (Å²) in [5.74, 6) is 0.762. The van der Waals surface area contributed by atoms with Gasteiger partial charge in [0, 0.05) is 11.9 Å². The average Bonchev–Trinajstić information content (AvgIpc) is 2.70. The van der Waals surface area contributed by atoms with Gasteiger partial charge in [-0.2, -0.15) is 0 Å². The smallest absolute Gasteiger partial charge is 0.261 e. The zero-order valence-electron chi connectivity index (χ0n) is 15.7. The Balaban J connectivity index is 1.50. The van der Waals surface area contributed by atoms with Crippen LogP contribution >= 0.6 is 0 Å². The van der Waals surface area contributed by atoms with Gasteiger partial charge in [0.2, 0.25) is 0 Å². The summed E-state index contributed by atoms with van der Waals surface area (Å²) in [7, 11) is 0. The van der Waals surface area contributed by atoms with Crippen LogP contribution in [0.1, 0.15) is 39.0 Å². The lowest BCUT2D eigenvalue weighted by Crippen LogP contribution is -2.39. The van der Waals surface area contributed by atoms with E-state index in [1.165, 1.54) is 32.4 Å². The SMILES string of the molecule is CC[C@H](Oc1cccc2ccccc12)C(=O)NCCCN1CCCCC1. The summed E-state index contributed by atoms with van der Waals surface area (Å²) in [6.07, 6.45) is 5.18. The summed E-state index contributed by atoms with van der Waals surface area (Å²) < 4.78 is 6.06. The van der Waals surface area contributed by atoms with Crippen molar-refractivity contribution in [2.75, 3.05) is 26.2 Å². The second-order valence-electron chi connectivity index (χ2n) is 7.04. The number of rotatable bonds is 8. The van der Waals surface area contributed by atoms with E-state index in [0.717, 1.165) is 29.5 Å². The van der Waals surface area contributed by atoms with E-state index < -0.39 is 6.10 Å². The first-order valence-corrected chi connectivity index (χ1v) is 9.92. The van der Waals surface area contributed by atoms with Gasteiger partial charge in [0.25, 0.3) is 5.91 Å². The Bertz CT molecular complexity index is 705. The van der Waals surface area contributed by atoms with Crippen LogP contribution in [0.5, 0.6) is 5.75 Å². The minimum Gasteiger partial charge on any atom is -0.480 e. The van der Waals surface area contributed by atoms with Crippen LogP contribution in [0.3, 0.4) is 0 Å². The number of fused-ring (bicyclic) bond motifs is 1. The number of carbonyl (C=O) groups is 1. The van der Waals surface area contributed by atoms with Crippen molar-refractivity contribution in [3.8, 4) is 5.75 Å². The maximum Gasteiger partial charge on any atom is 0.261 e. The topological polar surface area (TPSA) is 41.6 Å². The molecule has 0 saturated carbocycles. The van der Waals surface area contributed by atoms with E-state index in [-0.39, 0.29) is 5.91 Å². The Morgan fingerprint density at radius 3 is 2.69 bits per heavy atom. The van der Waals surface area contributed by atoms with Crippen LogP contribution in [-0.4, -0.2) is 43.1 Å². The molecule has 26 heavy (non-hydrogen) atoms. The molecular formula is C22H30N2O2. The Morgan fingerprint density at radius 2 is 1.88 bits per heavy atom. The lowest BCUT2D eigenvalue weighted by molar-refractivity contribution is -0.128. The van der Waals surface area contributed by atoms with E-state index in [9.17, 15) is 4.79 Å². The standard InChI is InChI=1S/C22H30N2O2/c1-2-20(22(25)23-14-9-17-24-15-6-3-7-16-24)26-21-13-8-11-18-10-4-5-12-19(18)21/h4-5,8,10-13,20H,2-3,6-7,9,14-17H2,1H3,(H,23,25)/t20-/m0/s1. The first kappa shape index (κ1) is 18.7. The highest BCUT2D eigenvalue weighted by Crippen LogP contribution is 2.26. The highest BCUT2D eigenvalue weighted by molar-refractivity contribution is 5.89. The third kappa shape index (κ3) is 4.98. The van der Waals surface area contributed by atoms with Gasteiger partial charge in [0.05, 0.1) is 0 Å². The zero-order valence-corrected chi connectivity index (χ0v) is 15.7. The Labute approximate surface area is 156 Å². The molecule has 0 spiro atoms.